The maximum absolute atomic E-state index is 13.3. The van der Waals surface area contributed by atoms with Crippen molar-refractivity contribution in [1.82, 2.24) is 5.32 Å². The number of nitrogens with one attached hydrogen (secondary N) is 1. The quantitative estimate of drug-likeness (QED) is 0.267. The molecule has 1 amide bonds. The Morgan fingerprint density at radius 3 is 2.53 bits per heavy atom. The number of furan rings is 1. The molecule has 176 valence electrons. The summed E-state index contributed by atoms with van der Waals surface area (Å²) in [5.74, 6) is -1.47. The van der Waals surface area contributed by atoms with Crippen molar-refractivity contribution < 1.29 is 27.9 Å². The van der Waals surface area contributed by atoms with Crippen LogP contribution in [-0.2, 0) is 16.0 Å². The van der Waals surface area contributed by atoms with Crippen LogP contribution in [0, 0.1) is 12.7 Å². The minimum Gasteiger partial charge on any atom is -0.481 e. The molecule has 0 bridgehead atoms. The summed E-state index contributed by atoms with van der Waals surface area (Å²) in [6.07, 6.45) is 3.48. The number of unbranched alkanes of at least 4 members (excludes halogenated alkanes) is 2. The first-order valence-corrected chi connectivity index (χ1v) is 11.1. The standard InChI is InChI=1S/C26H24FNO6/c1-15-18-11-20-21(16-6-8-17(27)9-7-16)14-33-22(20)13-23(18)34-26(32)19(15)12-24(29)28-10-4-2-3-5-25(30)31/h6-9,11,13-14H,2-5,10,12H2,1H3,(H,28,29)(H,30,31). The first kappa shape index (κ1) is 23.2. The number of carbonyl (C=O) groups is 2. The van der Waals surface area contributed by atoms with Crippen LogP contribution >= 0.6 is 0 Å². The third-order valence-electron chi connectivity index (χ3n) is 5.86. The minimum atomic E-state index is -0.833. The Kier molecular flexibility index (Phi) is 6.77. The van der Waals surface area contributed by atoms with Crippen molar-refractivity contribution in [3.05, 3.63) is 70.0 Å². The Morgan fingerprint density at radius 1 is 1.03 bits per heavy atom. The van der Waals surface area contributed by atoms with E-state index < -0.39 is 11.6 Å². The Labute approximate surface area is 194 Å². The fraction of sp³-hybridized carbons (Fsp3) is 0.269. The van der Waals surface area contributed by atoms with Gasteiger partial charge in [-0.25, -0.2) is 9.18 Å². The second kappa shape index (κ2) is 9.91. The first-order chi connectivity index (χ1) is 16.3. The van der Waals surface area contributed by atoms with Gasteiger partial charge in [-0.3, -0.25) is 9.59 Å². The monoisotopic (exact) mass is 465 g/mol. The van der Waals surface area contributed by atoms with Crippen molar-refractivity contribution >= 4 is 33.8 Å². The van der Waals surface area contributed by atoms with E-state index in [1.165, 1.54) is 12.1 Å². The van der Waals surface area contributed by atoms with Gasteiger partial charge in [-0.15, -0.1) is 0 Å². The van der Waals surface area contributed by atoms with Crippen LogP contribution in [0.3, 0.4) is 0 Å². The molecule has 4 rings (SSSR count). The number of carboxylic acid groups (broad SMARTS) is 1. The number of hydrogen-bond donors (Lipinski definition) is 2. The summed E-state index contributed by atoms with van der Waals surface area (Å²) in [7, 11) is 0. The van der Waals surface area contributed by atoms with Crippen LogP contribution in [0.15, 0.2) is 56.3 Å². The van der Waals surface area contributed by atoms with Crippen LogP contribution in [-0.4, -0.2) is 23.5 Å². The van der Waals surface area contributed by atoms with E-state index in [1.54, 1.807) is 31.4 Å². The van der Waals surface area contributed by atoms with Crippen molar-refractivity contribution in [2.24, 2.45) is 0 Å². The molecular formula is C26H24FNO6. The normalized spacial score (nSPS) is 11.2. The molecule has 7 nitrogen and oxygen atoms in total. The van der Waals surface area contributed by atoms with E-state index in [4.69, 9.17) is 13.9 Å². The molecule has 0 aliphatic rings. The van der Waals surface area contributed by atoms with Gasteiger partial charge in [-0.2, -0.15) is 0 Å². The lowest BCUT2D eigenvalue weighted by molar-refractivity contribution is -0.137. The largest absolute Gasteiger partial charge is 0.481 e. The SMILES string of the molecule is Cc1c(CC(=O)NCCCCCC(=O)O)c(=O)oc2cc3occ(-c4ccc(F)cc4)c3cc12. The van der Waals surface area contributed by atoms with E-state index in [0.29, 0.717) is 47.9 Å². The van der Waals surface area contributed by atoms with Crippen LogP contribution in [0.5, 0.6) is 0 Å². The molecule has 34 heavy (non-hydrogen) atoms. The molecule has 0 unspecified atom stereocenters. The van der Waals surface area contributed by atoms with E-state index in [-0.39, 0.29) is 30.1 Å². The van der Waals surface area contributed by atoms with Crippen LogP contribution in [0.25, 0.3) is 33.1 Å². The summed E-state index contributed by atoms with van der Waals surface area (Å²) < 4.78 is 24.5. The van der Waals surface area contributed by atoms with Gasteiger partial charge in [0, 0.05) is 35.4 Å². The van der Waals surface area contributed by atoms with Gasteiger partial charge in [0.25, 0.3) is 0 Å². The zero-order chi connectivity index (χ0) is 24.2. The van der Waals surface area contributed by atoms with Crippen molar-refractivity contribution in [2.75, 3.05) is 6.54 Å². The van der Waals surface area contributed by atoms with E-state index in [1.807, 2.05) is 6.07 Å². The van der Waals surface area contributed by atoms with E-state index >= 15 is 0 Å². The molecule has 0 saturated heterocycles. The first-order valence-electron chi connectivity index (χ1n) is 11.1. The van der Waals surface area contributed by atoms with E-state index in [0.717, 1.165) is 16.5 Å². The van der Waals surface area contributed by atoms with Crippen LogP contribution in [0.2, 0.25) is 0 Å². The van der Waals surface area contributed by atoms with Gasteiger partial charge in [0.05, 0.1) is 18.2 Å². The fourth-order valence-electron chi connectivity index (χ4n) is 4.00. The second-order valence-corrected chi connectivity index (χ2v) is 8.22. The molecular weight excluding hydrogens is 441 g/mol. The van der Waals surface area contributed by atoms with Crippen molar-refractivity contribution in [1.29, 1.82) is 0 Å². The zero-order valence-corrected chi connectivity index (χ0v) is 18.7. The van der Waals surface area contributed by atoms with Crippen molar-refractivity contribution in [3.63, 3.8) is 0 Å². The van der Waals surface area contributed by atoms with Gasteiger partial charge in [0.15, 0.2) is 0 Å². The molecule has 0 spiro atoms. The Hall–Kier alpha value is -3.94. The van der Waals surface area contributed by atoms with Crippen LogP contribution in [0.1, 0.15) is 36.8 Å². The lowest BCUT2D eigenvalue weighted by Gasteiger charge is -2.09. The summed E-state index contributed by atoms with van der Waals surface area (Å²) in [4.78, 5) is 35.5. The molecule has 0 atom stereocenters. The number of aryl methyl sites for hydroxylation is 1. The highest BCUT2D eigenvalue weighted by Gasteiger charge is 2.17. The number of carboxylic acids is 1. The average Bonchev–Trinajstić information content (AvgIpc) is 3.21. The maximum Gasteiger partial charge on any atom is 0.340 e. The number of aliphatic carboxylic acids is 1. The summed E-state index contributed by atoms with van der Waals surface area (Å²) in [6.45, 7) is 2.18. The molecule has 2 aromatic heterocycles. The summed E-state index contributed by atoms with van der Waals surface area (Å²) in [6, 6.07) is 9.59. The molecule has 0 radical (unpaired) electrons. The lowest BCUT2D eigenvalue weighted by atomic mass is 9.99. The molecule has 0 aliphatic heterocycles. The van der Waals surface area contributed by atoms with Gasteiger partial charge in [-0.05, 0) is 49.1 Å². The Bertz CT molecular complexity index is 1420. The molecule has 2 N–H and O–H groups in total. The third kappa shape index (κ3) is 5.01. The maximum atomic E-state index is 13.3. The third-order valence-corrected chi connectivity index (χ3v) is 5.86. The summed E-state index contributed by atoms with van der Waals surface area (Å²) in [5, 5.41) is 12.9. The minimum absolute atomic E-state index is 0.109. The molecule has 2 aromatic carbocycles. The molecule has 0 saturated carbocycles. The highest BCUT2D eigenvalue weighted by molar-refractivity contribution is 6.02. The molecule has 0 fully saturated rings. The topological polar surface area (TPSA) is 110 Å². The van der Waals surface area contributed by atoms with Gasteiger partial charge < -0.3 is 19.3 Å². The number of fused-ring (bicyclic) bond motifs is 2. The zero-order valence-electron chi connectivity index (χ0n) is 18.7. The molecule has 8 heteroatoms. The number of rotatable bonds is 9. The number of amides is 1. The fourth-order valence-corrected chi connectivity index (χ4v) is 4.00. The Morgan fingerprint density at radius 2 is 1.79 bits per heavy atom. The second-order valence-electron chi connectivity index (χ2n) is 8.22. The predicted octanol–water partition coefficient (Wildman–Crippen LogP) is 4.96. The average molecular weight is 465 g/mol. The lowest BCUT2D eigenvalue weighted by Crippen LogP contribution is -2.28. The summed E-state index contributed by atoms with van der Waals surface area (Å²) in [5.41, 5.74) is 2.81. The molecule has 4 aromatic rings. The molecule has 0 aliphatic carbocycles. The van der Waals surface area contributed by atoms with E-state index in [9.17, 15) is 18.8 Å². The summed E-state index contributed by atoms with van der Waals surface area (Å²) >= 11 is 0. The highest BCUT2D eigenvalue weighted by atomic mass is 19.1. The van der Waals surface area contributed by atoms with E-state index in [2.05, 4.69) is 5.32 Å². The number of carbonyl (C=O) groups excluding carboxylic acids is 1. The predicted molar refractivity (Wildman–Crippen MR) is 125 cm³/mol. The smallest absolute Gasteiger partial charge is 0.340 e. The number of hydrogen-bond acceptors (Lipinski definition) is 5. The van der Waals surface area contributed by atoms with Gasteiger partial charge >= 0.3 is 11.6 Å². The van der Waals surface area contributed by atoms with Crippen LogP contribution < -0.4 is 10.9 Å². The number of benzene rings is 2. The van der Waals surface area contributed by atoms with Gasteiger partial charge in [0.2, 0.25) is 5.91 Å². The van der Waals surface area contributed by atoms with Gasteiger partial charge in [0.1, 0.15) is 17.0 Å². The van der Waals surface area contributed by atoms with Crippen molar-refractivity contribution in [2.45, 2.75) is 39.0 Å². The number of halogens is 1. The van der Waals surface area contributed by atoms with Crippen molar-refractivity contribution in [3.8, 4) is 11.1 Å². The molecule has 2 heterocycles. The Balaban J connectivity index is 1.56. The van der Waals surface area contributed by atoms with Crippen LogP contribution in [0.4, 0.5) is 4.39 Å². The van der Waals surface area contributed by atoms with Gasteiger partial charge in [-0.1, -0.05) is 18.6 Å². The highest BCUT2D eigenvalue weighted by Crippen LogP contribution is 2.34.